The Hall–Kier alpha value is -2.56. The van der Waals surface area contributed by atoms with Crippen molar-refractivity contribution in [2.24, 2.45) is 0 Å². The normalized spacial score (nSPS) is 10.8. The highest BCUT2D eigenvalue weighted by Gasteiger charge is 2.05. The minimum absolute atomic E-state index is 0.639. The molecule has 0 unspecified atom stereocenters. The van der Waals surface area contributed by atoms with Gasteiger partial charge >= 0.3 is 0 Å². The lowest BCUT2D eigenvalue weighted by atomic mass is 10.1. The average molecular weight is 253 g/mol. The molecule has 5 nitrogen and oxygen atoms in total. The predicted octanol–water partition coefficient (Wildman–Crippen LogP) is 2.46. The molecule has 1 aromatic carbocycles. The Labute approximate surface area is 110 Å². The van der Waals surface area contributed by atoms with Gasteiger partial charge in [-0.2, -0.15) is 0 Å². The zero-order valence-corrected chi connectivity index (χ0v) is 10.6. The van der Waals surface area contributed by atoms with Crippen molar-refractivity contribution in [1.29, 1.82) is 0 Å². The van der Waals surface area contributed by atoms with E-state index in [1.165, 1.54) is 0 Å². The highest BCUT2D eigenvalue weighted by molar-refractivity contribution is 5.93. The van der Waals surface area contributed by atoms with Gasteiger partial charge in [0.25, 0.3) is 0 Å². The number of aromatic amines is 1. The van der Waals surface area contributed by atoms with Crippen LogP contribution in [0.2, 0.25) is 0 Å². The number of nitrogens with two attached hydrogens (primary N) is 1. The second-order valence-corrected chi connectivity index (χ2v) is 4.48. The second-order valence-electron chi connectivity index (χ2n) is 4.48. The van der Waals surface area contributed by atoms with Gasteiger partial charge in [-0.25, -0.2) is 4.98 Å². The number of H-pyrrole nitrogens is 1. The third kappa shape index (κ3) is 2.35. The van der Waals surface area contributed by atoms with Crippen LogP contribution in [0, 0.1) is 6.92 Å². The molecule has 0 amide bonds. The number of hydrogen-bond acceptors (Lipinski definition) is 4. The van der Waals surface area contributed by atoms with Crippen molar-refractivity contribution in [1.82, 2.24) is 15.0 Å². The molecular weight excluding hydrogens is 238 g/mol. The fourth-order valence-electron chi connectivity index (χ4n) is 2.10. The molecule has 0 atom stereocenters. The van der Waals surface area contributed by atoms with E-state index in [-0.39, 0.29) is 0 Å². The van der Waals surface area contributed by atoms with E-state index in [0.717, 1.165) is 33.8 Å². The first-order chi connectivity index (χ1) is 9.22. The summed E-state index contributed by atoms with van der Waals surface area (Å²) in [6.07, 6.45) is 3.55. The third-order valence-electron chi connectivity index (χ3n) is 2.96. The monoisotopic (exact) mass is 253 g/mol. The standard InChI is InChI=1S/C14H15N5/c1-9-6-13(18-8-14-16-4-5-17-14)11-7-10(15)2-3-12(11)19-9/h2-7H,8,15H2,1H3,(H,16,17)(H,18,19). The molecule has 0 spiro atoms. The van der Waals surface area contributed by atoms with Crippen LogP contribution in [0.4, 0.5) is 11.4 Å². The fraction of sp³-hybridized carbons (Fsp3) is 0.143. The minimum Gasteiger partial charge on any atom is -0.399 e. The lowest BCUT2D eigenvalue weighted by molar-refractivity contribution is 1.00. The first-order valence-corrected chi connectivity index (χ1v) is 6.11. The SMILES string of the molecule is Cc1cc(NCc2ncc[nH]2)c2cc(N)ccc2n1. The van der Waals surface area contributed by atoms with Gasteiger partial charge in [-0.05, 0) is 31.2 Å². The van der Waals surface area contributed by atoms with E-state index in [2.05, 4.69) is 20.3 Å². The zero-order valence-electron chi connectivity index (χ0n) is 10.6. The number of imidazole rings is 1. The van der Waals surface area contributed by atoms with Crippen molar-refractivity contribution in [2.45, 2.75) is 13.5 Å². The van der Waals surface area contributed by atoms with Gasteiger partial charge in [0.05, 0.1) is 12.1 Å². The van der Waals surface area contributed by atoms with Crippen molar-refractivity contribution in [3.05, 3.63) is 48.2 Å². The van der Waals surface area contributed by atoms with Crippen LogP contribution in [0.3, 0.4) is 0 Å². The molecule has 0 bridgehead atoms. The van der Waals surface area contributed by atoms with Crippen LogP contribution >= 0.6 is 0 Å². The topological polar surface area (TPSA) is 79.6 Å². The first-order valence-electron chi connectivity index (χ1n) is 6.11. The highest BCUT2D eigenvalue weighted by Crippen LogP contribution is 2.25. The molecule has 3 aromatic rings. The van der Waals surface area contributed by atoms with Crippen molar-refractivity contribution in [3.63, 3.8) is 0 Å². The minimum atomic E-state index is 0.639. The van der Waals surface area contributed by atoms with E-state index < -0.39 is 0 Å². The summed E-state index contributed by atoms with van der Waals surface area (Å²) in [6.45, 7) is 2.62. The summed E-state index contributed by atoms with van der Waals surface area (Å²) in [5.74, 6) is 0.895. The number of aryl methyl sites for hydroxylation is 1. The summed E-state index contributed by atoms with van der Waals surface area (Å²) in [4.78, 5) is 11.8. The van der Waals surface area contributed by atoms with Gasteiger partial charge in [-0.15, -0.1) is 0 Å². The van der Waals surface area contributed by atoms with Crippen LogP contribution < -0.4 is 11.1 Å². The molecule has 0 saturated carbocycles. The number of nitrogens with zero attached hydrogens (tertiary/aromatic N) is 2. The summed E-state index contributed by atoms with van der Waals surface area (Å²) in [7, 11) is 0. The number of pyridine rings is 1. The molecule has 0 radical (unpaired) electrons. The number of fused-ring (bicyclic) bond motifs is 1. The maximum absolute atomic E-state index is 5.85. The molecular formula is C14H15N5. The first kappa shape index (κ1) is 11.5. The van der Waals surface area contributed by atoms with Crippen LogP contribution in [-0.4, -0.2) is 15.0 Å². The Kier molecular flexibility index (Phi) is 2.79. The third-order valence-corrected chi connectivity index (χ3v) is 2.96. The summed E-state index contributed by atoms with van der Waals surface area (Å²) >= 11 is 0. The van der Waals surface area contributed by atoms with Crippen LogP contribution in [-0.2, 0) is 6.54 Å². The Balaban J connectivity index is 1.99. The van der Waals surface area contributed by atoms with Gasteiger partial charge in [0.1, 0.15) is 5.82 Å². The van der Waals surface area contributed by atoms with E-state index in [0.29, 0.717) is 6.54 Å². The van der Waals surface area contributed by atoms with E-state index >= 15 is 0 Å². The molecule has 5 heteroatoms. The number of hydrogen-bond donors (Lipinski definition) is 3. The fourth-order valence-corrected chi connectivity index (χ4v) is 2.10. The predicted molar refractivity (Wildman–Crippen MR) is 76.8 cm³/mol. The summed E-state index contributed by atoms with van der Waals surface area (Å²) < 4.78 is 0. The van der Waals surface area contributed by atoms with Crippen LogP contribution in [0.25, 0.3) is 10.9 Å². The lowest BCUT2D eigenvalue weighted by Crippen LogP contribution is -2.03. The van der Waals surface area contributed by atoms with Gasteiger partial charge in [0.2, 0.25) is 0 Å². The van der Waals surface area contributed by atoms with Crippen molar-refractivity contribution < 1.29 is 0 Å². The molecule has 2 aromatic heterocycles. The van der Waals surface area contributed by atoms with Gasteiger partial charge in [0.15, 0.2) is 0 Å². The summed E-state index contributed by atoms with van der Waals surface area (Å²) in [5.41, 5.74) is 9.51. The summed E-state index contributed by atoms with van der Waals surface area (Å²) in [6, 6.07) is 7.76. The highest BCUT2D eigenvalue weighted by atomic mass is 15.0. The Bertz CT molecular complexity index is 703. The van der Waals surface area contributed by atoms with Crippen LogP contribution in [0.1, 0.15) is 11.5 Å². The van der Waals surface area contributed by atoms with E-state index in [1.807, 2.05) is 37.4 Å². The average Bonchev–Trinajstić information content (AvgIpc) is 2.89. The molecule has 0 aliphatic rings. The molecule has 2 heterocycles. The molecule has 96 valence electrons. The molecule has 19 heavy (non-hydrogen) atoms. The van der Waals surface area contributed by atoms with Gasteiger partial charge < -0.3 is 16.0 Å². The molecule has 3 rings (SSSR count). The second kappa shape index (κ2) is 4.61. The molecule has 0 saturated heterocycles. The molecule has 0 aliphatic carbocycles. The van der Waals surface area contributed by atoms with Gasteiger partial charge in [0, 0.05) is 34.8 Å². The van der Waals surface area contributed by atoms with Crippen molar-refractivity contribution in [3.8, 4) is 0 Å². The Morgan fingerprint density at radius 1 is 1.32 bits per heavy atom. The molecule has 4 N–H and O–H groups in total. The molecule has 0 fully saturated rings. The van der Waals surface area contributed by atoms with E-state index in [9.17, 15) is 0 Å². The van der Waals surface area contributed by atoms with Crippen molar-refractivity contribution >= 4 is 22.3 Å². The largest absolute Gasteiger partial charge is 0.399 e. The van der Waals surface area contributed by atoms with Gasteiger partial charge in [-0.3, -0.25) is 4.98 Å². The Morgan fingerprint density at radius 3 is 3.00 bits per heavy atom. The number of anilines is 2. The Morgan fingerprint density at radius 2 is 2.21 bits per heavy atom. The maximum Gasteiger partial charge on any atom is 0.125 e. The van der Waals surface area contributed by atoms with Crippen LogP contribution in [0.5, 0.6) is 0 Å². The smallest absolute Gasteiger partial charge is 0.125 e. The molecule has 0 aliphatic heterocycles. The quantitative estimate of drug-likeness (QED) is 0.626. The van der Waals surface area contributed by atoms with E-state index in [1.54, 1.807) is 6.20 Å². The van der Waals surface area contributed by atoms with Crippen LogP contribution in [0.15, 0.2) is 36.7 Å². The number of nitrogens with one attached hydrogen (secondary N) is 2. The number of rotatable bonds is 3. The summed E-state index contributed by atoms with van der Waals surface area (Å²) in [5, 5.41) is 4.39. The van der Waals surface area contributed by atoms with Gasteiger partial charge in [-0.1, -0.05) is 0 Å². The number of nitrogen functional groups attached to an aromatic ring is 1. The number of aromatic nitrogens is 3. The van der Waals surface area contributed by atoms with Crippen molar-refractivity contribution in [2.75, 3.05) is 11.1 Å². The zero-order chi connectivity index (χ0) is 13.2. The number of benzene rings is 1. The maximum atomic E-state index is 5.85. The van der Waals surface area contributed by atoms with E-state index in [4.69, 9.17) is 5.73 Å². The lowest BCUT2D eigenvalue weighted by Gasteiger charge is -2.10.